The Morgan fingerprint density at radius 3 is 2.88 bits per heavy atom. The van der Waals surface area contributed by atoms with Gasteiger partial charge < -0.3 is 5.32 Å². The zero-order chi connectivity index (χ0) is 12.3. The van der Waals surface area contributed by atoms with Crippen LogP contribution in [0, 0.1) is 13.8 Å². The third kappa shape index (κ3) is 3.38. The molecular formula is C12H14N2OS2. The Balaban J connectivity index is 1.85. The highest BCUT2D eigenvalue weighted by Crippen LogP contribution is 2.21. The fourth-order valence-electron chi connectivity index (χ4n) is 1.40. The number of nitrogens with zero attached hydrogens (tertiary/aromatic N) is 1. The number of rotatable bonds is 4. The van der Waals surface area contributed by atoms with Crippen molar-refractivity contribution in [2.45, 2.75) is 26.7 Å². The van der Waals surface area contributed by atoms with Gasteiger partial charge in [0.1, 0.15) is 0 Å². The Bertz CT molecular complexity index is 483. The summed E-state index contributed by atoms with van der Waals surface area (Å²) in [6, 6.07) is 2.05. The fraction of sp³-hybridized carbons (Fsp3) is 0.333. The molecule has 0 spiro atoms. The zero-order valence-electron chi connectivity index (χ0n) is 9.82. The van der Waals surface area contributed by atoms with E-state index in [9.17, 15) is 4.79 Å². The summed E-state index contributed by atoms with van der Waals surface area (Å²) in [4.78, 5) is 17.1. The Labute approximate surface area is 109 Å². The summed E-state index contributed by atoms with van der Waals surface area (Å²) in [5.41, 5.74) is 2.21. The largest absolute Gasteiger partial charge is 0.302 e. The Hall–Kier alpha value is -1.20. The average Bonchev–Trinajstić information content (AvgIpc) is 2.87. The van der Waals surface area contributed by atoms with E-state index >= 15 is 0 Å². The molecule has 2 rings (SSSR count). The first-order valence-electron chi connectivity index (χ1n) is 5.40. The minimum Gasteiger partial charge on any atom is -0.302 e. The third-order valence-corrected chi connectivity index (χ3v) is 4.22. The highest BCUT2D eigenvalue weighted by atomic mass is 32.1. The van der Waals surface area contributed by atoms with Crippen molar-refractivity contribution < 1.29 is 4.79 Å². The monoisotopic (exact) mass is 266 g/mol. The summed E-state index contributed by atoms with van der Waals surface area (Å²) in [6.45, 7) is 3.96. The smallest absolute Gasteiger partial charge is 0.226 e. The minimum atomic E-state index is 0.0324. The first-order valence-corrected chi connectivity index (χ1v) is 7.16. The van der Waals surface area contributed by atoms with Gasteiger partial charge in [-0.25, -0.2) is 4.98 Å². The van der Waals surface area contributed by atoms with E-state index in [4.69, 9.17) is 0 Å². The Kier molecular flexibility index (Phi) is 3.91. The van der Waals surface area contributed by atoms with Crippen LogP contribution in [0.25, 0.3) is 0 Å². The number of hydrogen-bond acceptors (Lipinski definition) is 4. The van der Waals surface area contributed by atoms with Gasteiger partial charge in [0.25, 0.3) is 0 Å². The lowest BCUT2D eigenvalue weighted by molar-refractivity contribution is -0.116. The van der Waals surface area contributed by atoms with Gasteiger partial charge in [0.05, 0.1) is 5.69 Å². The first kappa shape index (κ1) is 12.3. The lowest BCUT2D eigenvalue weighted by Gasteiger charge is -2.00. The average molecular weight is 266 g/mol. The molecule has 90 valence electrons. The van der Waals surface area contributed by atoms with Crippen LogP contribution in [-0.4, -0.2) is 10.9 Å². The van der Waals surface area contributed by atoms with Crippen LogP contribution < -0.4 is 5.32 Å². The summed E-state index contributed by atoms with van der Waals surface area (Å²) in [5.74, 6) is 0.0324. The van der Waals surface area contributed by atoms with E-state index in [1.807, 2.05) is 19.2 Å². The molecule has 1 N–H and O–H groups in total. The molecule has 17 heavy (non-hydrogen) atoms. The number of hydrogen-bond donors (Lipinski definition) is 1. The molecule has 3 nitrogen and oxygen atoms in total. The predicted octanol–water partition coefficient (Wildman–Crippen LogP) is 3.39. The second kappa shape index (κ2) is 5.42. The maximum absolute atomic E-state index is 11.7. The second-order valence-corrected chi connectivity index (χ2v) is 5.82. The van der Waals surface area contributed by atoms with Crippen molar-refractivity contribution in [2.24, 2.45) is 0 Å². The molecule has 0 atom stereocenters. The lowest BCUT2D eigenvalue weighted by Crippen LogP contribution is -2.11. The number of amides is 1. The molecular weight excluding hydrogens is 252 g/mol. The van der Waals surface area contributed by atoms with Gasteiger partial charge in [-0.15, -0.1) is 11.3 Å². The van der Waals surface area contributed by atoms with Crippen molar-refractivity contribution in [1.82, 2.24) is 4.98 Å². The molecule has 0 unspecified atom stereocenters. The summed E-state index contributed by atoms with van der Waals surface area (Å²) >= 11 is 3.18. The first-order chi connectivity index (χ1) is 8.15. The summed E-state index contributed by atoms with van der Waals surface area (Å²) < 4.78 is 0. The molecule has 0 aliphatic carbocycles. The number of aromatic nitrogens is 1. The van der Waals surface area contributed by atoms with Crippen LogP contribution in [0.2, 0.25) is 0 Å². The highest BCUT2D eigenvalue weighted by Gasteiger charge is 2.08. The van der Waals surface area contributed by atoms with Crippen molar-refractivity contribution >= 4 is 33.7 Å². The molecule has 0 fully saturated rings. The van der Waals surface area contributed by atoms with Gasteiger partial charge in [-0.2, -0.15) is 11.3 Å². The highest BCUT2D eigenvalue weighted by molar-refractivity contribution is 7.15. The van der Waals surface area contributed by atoms with Crippen molar-refractivity contribution in [2.75, 3.05) is 5.32 Å². The quantitative estimate of drug-likeness (QED) is 0.921. The van der Waals surface area contributed by atoms with Gasteiger partial charge in [0.2, 0.25) is 5.91 Å². The van der Waals surface area contributed by atoms with Crippen LogP contribution in [0.4, 0.5) is 5.13 Å². The molecule has 0 aliphatic heterocycles. The number of nitrogens with one attached hydrogen (secondary N) is 1. The van der Waals surface area contributed by atoms with Crippen LogP contribution in [-0.2, 0) is 11.2 Å². The normalized spacial score (nSPS) is 10.5. The molecule has 2 aromatic rings. The van der Waals surface area contributed by atoms with Gasteiger partial charge in [-0.3, -0.25) is 4.79 Å². The van der Waals surface area contributed by atoms with E-state index in [1.54, 1.807) is 11.3 Å². The molecule has 0 radical (unpaired) electrons. The predicted molar refractivity (Wildman–Crippen MR) is 72.9 cm³/mol. The van der Waals surface area contributed by atoms with Crippen molar-refractivity contribution in [3.63, 3.8) is 0 Å². The SMILES string of the molecule is Cc1nc(NC(=O)CCc2ccsc2)sc1C. The lowest BCUT2D eigenvalue weighted by atomic mass is 10.2. The van der Waals surface area contributed by atoms with E-state index in [0.717, 1.165) is 17.0 Å². The van der Waals surface area contributed by atoms with Crippen LogP contribution >= 0.6 is 22.7 Å². The van der Waals surface area contributed by atoms with E-state index in [-0.39, 0.29) is 5.91 Å². The number of thiazole rings is 1. The van der Waals surface area contributed by atoms with Crippen molar-refractivity contribution in [3.8, 4) is 0 Å². The Morgan fingerprint density at radius 2 is 2.29 bits per heavy atom. The van der Waals surface area contributed by atoms with Crippen LogP contribution in [0.15, 0.2) is 16.8 Å². The number of carbonyl (C=O) groups is 1. The molecule has 0 aromatic carbocycles. The van der Waals surface area contributed by atoms with Gasteiger partial charge in [0.15, 0.2) is 5.13 Å². The fourth-order valence-corrected chi connectivity index (χ4v) is 2.93. The molecule has 0 saturated carbocycles. The zero-order valence-corrected chi connectivity index (χ0v) is 11.5. The molecule has 2 aromatic heterocycles. The second-order valence-electron chi connectivity index (χ2n) is 3.84. The van der Waals surface area contributed by atoms with Crippen LogP contribution in [0.5, 0.6) is 0 Å². The molecule has 0 aliphatic rings. The number of carbonyl (C=O) groups excluding carboxylic acids is 1. The minimum absolute atomic E-state index is 0.0324. The molecule has 2 heterocycles. The summed E-state index contributed by atoms with van der Waals surface area (Å²) in [6.07, 6.45) is 1.30. The van der Waals surface area contributed by atoms with E-state index < -0.39 is 0 Å². The van der Waals surface area contributed by atoms with Gasteiger partial charge in [0, 0.05) is 11.3 Å². The molecule has 0 bridgehead atoms. The van der Waals surface area contributed by atoms with Crippen molar-refractivity contribution in [1.29, 1.82) is 0 Å². The van der Waals surface area contributed by atoms with Gasteiger partial charge in [-0.05, 0) is 42.7 Å². The summed E-state index contributed by atoms with van der Waals surface area (Å²) in [5, 5.41) is 7.64. The van der Waals surface area contributed by atoms with Crippen molar-refractivity contribution in [3.05, 3.63) is 33.0 Å². The summed E-state index contributed by atoms with van der Waals surface area (Å²) in [7, 11) is 0. The molecule has 0 saturated heterocycles. The maximum atomic E-state index is 11.7. The van der Waals surface area contributed by atoms with Gasteiger partial charge >= 0.3 is 0 Å². The van der Waals surface area contributed by atoms with E-state index in [1.165, 1.54) is 16.9 Å². The number of anilines is 1. The van der Waals surface area contributed by atoms with E-state index in [0.29, 0.717) is 11.6 Å². The van der Waals surface area contributed by atoms with Crippen LogP contribution in [0.3, 0.4) is 0 Å². The maximum Gasteiger partial charge on any atom is 0.226 e. The topological polar surface area (TPSA) is 42.0 Å². The molecule has 5 heteroatoms. The Morgan fingerprint density at radius 1 is 1.47 bits per heavy atom. The van der Waals surface area contributed by atoms with Crippen LogP contribution in [0.1, 0.15) is 22.6 Å². The van der Waals surface area contributed by atoms with Gasteiger partial charge in [-0.1, -0.05) is 0 Å². The molecule has 1 amide bonds. The van der Waals surface area contributed by atoms with E-state index in [2.05, 4.69) is 21.7 Å². The standard InChI is InChI=1S/C12H14N2OS2/c1-8-9(2)17-12(13-8)14-11(15)4-3-10-5-6-16-7-10/h5-7H,3-4H2,1-2H3,(H,13,14,15). The number of thiophene rings is 1. The number of aryl methyl sites for hydroxylation is 3. The third-order valence-electron chi connectivity index (χ3n) is 2.50.